The molecule has 0 aliphatic carbocycles. The molecule has 0 saturated carbocycles. The van der Waals surface area contributed by atoms with E-state index in [1.165, 1.54) is 0 Å². The van der Waals surface area contributed by atoms with Crippen molar-refractivity contribution in [1.82, 2.24) is 4.72 Å². The van der Waals surface area contributed by atoms with Gasteiger partial charge in [0.15, 0.2) is 0 Å². The summed E-state index contributed by atoms with van der Waals surface area (Å²) < 4.78 is 42.7. The third kappa shape index (κ3) is 8.50. The Labute approximate surface area is 246 Å². The predicted octanol–water partition coefficient (Wildman–Crippen LogP) is 6.80. The van der Waals surface area contributed by atoms with E-state index in [2.05, 4.69) is 0 Å². The number of rotatable bonds is 11. The van der Waals surface area contributed by atoms with Crippen molar-refractivity contribution in [1.29, 1.82) is 0 Å². The minimum Gasteiger partial charge on any atom is -0.508 e. The number of nitrogens with one attached hydrogen (secondary N) is 1. The molecule has 1 amide bonds. The molecule has 9 heteroatoms. The van der Waals surface area contributed by atoms with E-state index >= 15 is 0 Å². The summed E-state index contributed by atoms with van der Waals surface area (Å²) in [6, 6.07) is 22.0. The van der Waals surface area contributed by atoms with Gasteiger partial charge in [-0.15, -0.1) is 0 Å². The van der Waals surface area contributed by atoms with Crippen molar-refractivity contribution in [2.24, 2.45) is 0 Å². The Balaban J connectivity index is 1.34. The number of sulfonamides is 1. The molecule has 4 aromatic rings. The topological polar surface area (TPSA) is 111 Å². The monoisotopic (exact) mass is 589 g/mol. The molecule has 0 unspecified atom stereocenters. The van der Waals surface area contributed by atoms with Crippen LogP contribution in [0.3, 0.4) is 0 Å². The first-order valence-electron chi connectivity index (χ1n) is 13.4. The van der Waals surface area contributed by atoms with Crippen molar-refractivity contribution in [2.75, 3.05) is 6.26 Å². The molecule has 0 aliphatic rings. The highest BCUT2D eigenvalue weighted by Gasteiger charge is 2.13. The standard InChI is InChI=1S/C33H35NO7S/c1-21-16-25(6-15-31(36)34-42(5,37)38)17-22(2)32(21)41-30-13-11-28(12-14-30)39-20-26-18-23(3)33(24(4)19-26)40-29-9-7-27(35)8-10-29/h7-14,16-19,35H,6,15,20H2,1-5H3,(H,34,36). The minimum atomic E-state index is -3.56. The van der Waals surface area contributed by atoms with Gasteiger partial charge in [0.25, 0.3) is 0 Å². The van der Waals surface area contributed by atoms with Gasteiger partial charge >= 0.3 is 0 Å². The highest BCUT2D eigenvalue weighted by Crippen LogP contribution is 2.33. The molecule has 0 fully saturated rings. The molecule has 0 atom stereocenters. The lowest BCUT2D eigenvalue weighted by atomic mass is 10.0. The van der Waals surface area contributed by atoms with Crippen LogP contribution in [0.4, 0.5) is 0 Å². The molecule has 2 N–H and O–H groups in total. The van der Waals surface area contributed by atoms with E-state index in [0.717, 1.165) is 51.1 Å². The number of ether oxygens (including phenoxy) is 3. The molecule has 0 heterocycles. The summed E-state index contributed by atoms with van der Waals surface area (Å²) in [7, 11) is -3.56. The van der Waals surface area contributed by atoms with E-state index in [9.17, 15) is 18.3 Å². The number of benzene rings is 4. The van der Waals surface area contributed by atoms with Gasteiger partial charge in [0, 0.05) is 6.42 Å². The predicted molar refractivity (Wildman–Crippen MR) is 162 cm³/mol. The fourth-order valence-electron chi connectivity index (χ4n) is 4.67. The molecule has 42 heavy (non-hydrogen) atoms. The van der Waals surface area contributed by atoms with Gasteiger partial charge in [-0.25, -0.2) is 8.42 Å². The Kier molecular flexibility index (Phi) is 9.42. The average molecular weight is 590 g/mol. The molecular formula is C33H35NO7S. The van der Waals surface area contributed by atoms with E-state index in [1.54, 1.807) is 24.3 Å². The van der Waals surface area contributed by atoms with Crippen LogP contribution >= 0.6 is 0 Å². The number of aryl methyl sites for hydroxylation is 5. The lowest BCUT2D eigenvalue weighted by Gasteiger charge is -2.15. The van der Waals surface area contributed by atoms with Crippen LogP contribution in [0.1, 0.15) is 39.8 Å². The van der Waals surface area contributed by atoms with Crippen molar-refractivity contribution in [3.63, 3.8) is 0 Å². The smallest absolute Gasteiger partial charge is 0.233 e. The largest absolute Gasteiger partial charge is 0.508 e. The van der Waals surface area contributed by atoms with Gasteiger partial charge in [0.2, 0.25) is 15.9 Å². The Morgan fingerprint density at radius 3 is 1.62 bits per heavy atom. The van der Waals surface area contributed by atoms with E-state index in [4.69, 9.17) is 14.2 Å². The van der Waals surface area contributed by atoms with Gasteiger partial charge in [-0.1, -0.05) is 12.1 Å². The SMILES string of the molecule is Cc1cc(CCC(=O)NS(C)(=O)=O)cc(C)c1Oc1ccc(OCc2cc(C)c(Oc3ccc(O)cc3)c(C)c2)cc1. The third-order valence-corrected chi connectivity index (χ3v) is 7.08. The van der Waals surface area contributed by atoms with E-state index in [-0.39, 0.29) is 12.2 Å². The molecule has 4 rings (SSSR count). The van der Waals surface area contributed by atoms with Gasteiger partial charge in [0.1, 0.15) is 41.1 Å². The van der Waals surface area contributed by atoms with Crippen molar-refractivity contribution in [3.05, 3.63) is 106 Å². The molecule has 0 spiro atoms. The summed E-state index contributed by atoms with van der Waals surface area (Å²) in [6.45, 7) is 8.24. The maximum Gasteiger partial charge on any atom is 0.233 e. The Bertz CT molecular complexity index is 1630. The second-order valence-corrected chi connectivity index (χ2v) is 12.1. The number of hydrogen-bond donors (Lipinski definition) is 2. The van der Waals surface area contributed by atoms with Crippen LogP contribution in [-0.2, 0) is 27.8 Å². The van der Waals surface area contributed by atoms with Crippen LogP contribution < -0.4 is 18.9 Å². The van der Waals surface area contributed by atoms with E-state index in [1.807, 2.05) is 80.9 Å². The van der Waals surface area contributed by atoms with Gasteiger partial charge in [-0.3, -0.25) is 9.52 Å². The molecule has 0 saturated heterocycles. The van der Waals surface area contributed by atoms with Crippen LogP contribution in [0.15, 0.2) is 72.8 Å². The lowest BCUT2D eigenvalue weighted by Crippen LogP contribution is -2.29. The van der Waals surface area contributed by atoms with Gasteiger partial charge in [0.05, 0.1) is 6.26 Å². The van der Waals surface area contributed by atoms with Gasteiger partial charge in [-0.05, 0) is 128 Å². The molecule has 8 nitrogen and oxygen atoms in total. The Morgan fingerprint density at radius 1 is 0.714 bits per heavy atom. The van der Waals surface area contributed by atoms with Crippen molar-refractivity contribution < 1.29 is 32.5 Å². The molecule has 4 aromatic carbocycles. The summed E-state index contributed by atoms with van der Waals surface area (Å²) in [5.74, 6) is 3.20. The fourth-order valence-corrected chi connectivity index (χ4v) is 5.18. The number of phenols is 1. The highest BCUT2D eigenvalue weighted by molar-refractivity contribution is 7.89. The van der Waals surface area contributed by atoms with Gasteiger partial charge < -0.3 is 19.3 Å². The second-order valence-electron chi connectivity index (χ2n) is 10.4. The average Bonchev–Trinajstić information content (AvgIpc) is 2.91. The number of hydrogen-bond acceptors (Lipinski definition) is 7. The maximum absolute atomic E-state index is 11.8. The zero-order valence-electron chi connectivity index (χ0n) is 24.4. The summed E-state index contributed by atoms with van der Waals surface area (Å²) in [5, 5.41) is 9.49. The highest BCUT2D eigenvalue weighted by atomic mass is 32.2. The van der Waals surface area contributed by atoms with Crippen LogP contribution in [0.25, 0.3) is 0 Å². The Hall–Kier alpha value is -4.50. The first kappa shape index (κ1) is 30.5. The molecular weight excluding hydrogens is 554 g/mol. The van der Waals surface area contributed by atoms with Crippen LogP contribution in [0, 0.1) is 27.7 Å². The maximum atomic E-state index is 11.8. The first-order chi connectivity index (χ1) is 19.9. The zero-order valence-corrected chi connectivity index (χ0v) is 25.2. The summed E-state index contributed by atoms with van der Waals surface area (Å²) in [6.07, 6.45) is 1.45. The van der Waals surface area contributed by atoms with Crippen LogP contribution in [0.5, 0.6) is 34.5 Å². The Morgan fingerprint density at radius 2 is 1.14 bits per heavy atom. The minimum absolute atomic E-state index is 0.0739. The van der Waals surface area contributed by atoms with Crippen LogP contribution in [0.2, 0.25) is 0 Å². The summed E-state index contributed by atoms with van der Waals surface area (Å²) >= 11 is 0. The lowest BCUT2D eigenvalue weighted by molar-refractivity contribution is -0.119. The zero-order chi connectivity index (χ0) is 30.4. The number of carbonyl (C=O) groups is 1. The molecule has 220 valence electrons. The molecule has 0 bridgehead atoms. The van der Waals surface area contributed by atoms with E-state index < -0.39 is 15.9 Å². The molecule has 0 aliphatic heterocycles. The third-order valence-electron chi connectivity index (χ3n) is 6.49. The molecule has 0 aromatic heterocycles. The van der Waals surface area contributed by atoms with Crippen molar-refractivity contribution in [3.8, 4) is 34.5 Å². The molecule has 0 radical (unpaired) electrons. The van der Waals surface area contributed by atoms with Crippen LogP contribution in [-0.4, -0.2) is 25.7 Å². The number of aromatic hydroxyl groups is 1. The fraction of sp³-hybridized carbons (Fsp3) is 0.242. The number of amides is 1. The van der Waals surface area contributed by atoms with Crippen molar-refractivity contribution in [2.45, 2.75) is 47.1 Å². The summed E-state index contributed by atoms with van der Waals surface area (Å²) in [4.78, 5) is 11.8. The first-order valence-corrected chi connectivity index (χ1v) is 15.3. The van der Waals surface area contributed by atoms with Gasteiger partial charge in [-0.2, -0.15) is 0 Å². The normalized spacial score (nSPS) is 11.2. The number of carbonyl (C=O) groups excluding carboxylic acids is 1. The van der Waals surface area contributed by atoms with E-state index in [0.29, 0.717) is 30.3 Å². The summed E-state index contributed by atoms with van der Waals surface area (Å²) in [5.41, 5.74) is 5.74. The van der Waals surface area contributed by atoms with Crippen molar-refractivity contribution >= 4 is 15.9 Å². The quantitative estimate of drug-likeness (QED) is 0.198. The number of phenolic OH excluding ortho intramolecular Hbond substituents is 1. The second kappa shape index (κ2) is 13.0.